The molecule has 0 aromatic heterocycles. The van der Waals surface area contributed by atoms with Crippen LogP contribution in [0.25, 0.3) is 0 Å². The van der Waals surface area contributed by atoms with Crippen molar-refractivity contribution in [1.82, 2.24) is 0 Å². The fourth-order valence-corrected chi connectivity index (χ4v) is 3.24. The summed E-state index contributed by atoms with van der Waals surface area (Å²) in [6, 6.07) is 7.69. The van der Waals surface area contributed by atoms with Crippen molar-refractivity contribution in [2.24, 2.45) is 0 Å². The Morgan fingerprint density at radius 3 is 2.21 bits per heavy atom. The second-order valence-electron chi connectivity index (χ2n) is 3.84. The van der Waals surface area contributed by atoms with Crippen molar-refractivity contribution < 1.29 is 22.3 Å². The lowest BCUT2D eigenvalue weighted by Crippen LogP contribution is -2.08. The van der Waals surface area contributed by atoms with Crippen LogP contribution >= 0.6 is 0 Å². The number of aliphatic hydroxyl groups excluding tert-OH is 1. The zero-order valence-electron chi connectivity index (χ0n) is 9.68. The Hall–Kier alpha value is -1.79. The van der Waals surface area contributed by atoms with Gasteiger partial charge < -0.3 is 5.11 Å². The molecular weight excluding hydrogens is 274 g/mol. The zero-order chi connectivity index (χ0) is 14.0. The summed E-state index contributed by atoms with van der Waals surface area (Å²) in [6.07, 6.45) is 0. The third-order valence-electron chi connectivity index (χ3n) is 2.61. The summed E-state index contributed by atoms with van der Waals surface area (Å²) in [5.41, 5.74) is -0.0377. The van der Waals surface area contributed by atoms with Gasteiger partial charge in [-0.05, 0) is 35.9 Å². The van der Waals surface area contributed by atoms with E-state index in [1.807, 2.05) is 0 Å². The Morgan fingerprint density at radius 2 is 1.63 bits per heavy atom. The standard InChI is InChI=1S/C13H10F2O3S/c14-10-4-6-11(7-5-10)19(17,18)13-9(8-16)2-1-3-12(13)15/h1-7,16H,8H2. The second kappa shape index (κ2) is 5.07. The van der Waals surface area contributed by atoms with E-state index in [0.717, 1.165) is 30.3 Å². The summed E-state index contributed by atoms with van der Waals surface area (Å²) < 4.78 is 51.1. The van der Waals surface area contributed by atoms with Gasteiger partial charge in [-0.15, -0.1) is 0 Å². The summed E-state index contributed by atoms with van der Waals surface area (Å²) in [7, 11) is -4.13. The van der Waals surface area contributed by atoms with E-state index in [1.165, 1.54) is 12.1 Å². The van der Waals surface area contributed by atoms with Gasteiger partial charge in [-0.25, -0.2) is 17.2 Å². The largest absolute Gasteiger partial charge is 0.392 e. The van der Waals surface area contributed by atoms with Gasteiger partial charge in [-0.3, -0.25) is 0 Å². The first kappa shape index (κ1) is 13.6. The number of rotatable bonds is 3. The Bertz CT molecular complexity index is 694. The van der Waals surface area contributed by atoms with Gasteiger partial charge in [0.2, 0.25) is 9.84 Å². The van der Waals surface area contributed by atoms with E-state index >= 15 is 0 Å². The lowest BCUT2D eigenvalue weighted by Gasteiger charge is -2.10. The van der Waals surface area contributed by atoms with Gasteiger partial charge in [0, 0.05) is 0 Å². The number of benzene rings is 2. The van der Waals surface area contributed by atoms with Crippen LogP contribution in [-0.4, -0.2) is 13.5 Å². The van der Waals surface area contributed by atoms with Crippen molar-refractivity contribution in [3.05, 3.63) is 59.7 Å². The maximum absolute atomic E-state index is 13.7. The summed E-state index contributed by atoms with van der Waals surface area (Å²) >= 11 is 0. The molecule has 0 atom stereocenters. The van der Waals surface area contributed by atoms with Crippen molar-refractivity contribution in [3.63, 3.8) is 0 Å². The van der Waals surface area contributed by atoms with Gasteiger partial charge in [-0.1, -0.05) is 12.1 Å². The lowest BCUT2D eigenvalue weighted by molar-refractivity contribution is 0.277. The SMILES string of the molecule is O=S(=O)(c1ccc(F)cc1)c1c(F)cccc1CO. The first-order chi connectivity index (χ1) is 8.96. The van der Waals surface area contributed by atoms with Crippen LogP contribution in [-0.2, 0) is 16.4 Å². The molecule has 0 amide bonds. The van der Waals surface area contributed by atoms with Crippen LogP contribution < -0.4 is 0 Å². The highest BCUT2D eigenvalue weighted by Crippen LogP contribution is 2.27. The average Bonchev–Trinajstić information content (AvgIpc) is 2.38. The summed E-state index contributed by atoms with van der Waals surface area (Å²) in [5, 5.41) is 9.11. The highest BCUT2D eigenvalue weighted by molar-refractivity contribution is 7.91. The van der Waals surface area contributed by atoms with Gasteiger partial charge in [0.15, 0.2) is 0 Å². The number of hydrogen-bond donors (Lipinski definition) is 1. The van der Waals surface area contributed by atoms with E-state index in [4.69, 9.17) is 5.11 Å². The average molecular weight is 284 g/mol. The number of hydrogen-bond acceptors (Lipinski definition) is 3. The molecule has 0 aliphatic heterocycles. The fraction of sp³-hybridized carbons (Fsp3) is 0.0769. The summed E-state index contributed by atoms with van der Waals surface area (Å²) in [6.45, 7) is -0.604. The normalized spacial score (nSPS) is 11.5. The van der Waals surface area contributed by atoms with Crippen molar-refractivity contribution in [2.75, 3.05) is 0 Å². The van der Waals surface area contributed by atoms with Crippen LogP contribution in [0.15, 0.2) is 52.3 Å². The minimum atomic E-state index is -4.13. The maximum Gasteiger partial charge on any atom is 0.209 e. The molecule has 0 aliphatic rings. The predicted octanol–water partition coefficient (Wildman–Crippen LogP) is 2.29. The second-order valence-corrected chi connectivity index (χ2v) is 5.73. The molecule has 0 saturated heterocycles. The first-order valence-corrected chi connectivity index (χ1v) is 6.84. The van der Waals surface area contributed by atoms with Crippen LogP contribution in [0.4, 0.5) is 8.78 Å². The number of sulfone groups is 1. The van der Waals surface area contributed by atoms with Gasteiger partial charge in [-0.2, -0.15) is 0 Å². The first-order valence-electron chi connectivity index (χ1n) is 5.35. The summed E-state index contributed by atoms with van der Waals surface area (Å²) in [5.74, 6) is -1.54. The molecule has 19 heavy (non-hydrogen) atoms. The van der Waals surface area contributed by atoms with E-state index in [-0.39, 0.29) is 10.5 Å². The highest BCUT2D eigenvalue weighted by Gasteiger charge is 2.24. The Morgan fingerprint density at radius 1 is 1.00 bits per heavy atom. The minimum Gasteiger partial charge on any atom is -0.392 e. The van der Waals surface area contributed by atoms with Crippen LogP contribution in [0.5, 0.6) is 0 Å². The Balaban J connectivity index is 2.66. The smallest absolute Gasteiger partial charge is 0.209 e. The molecule has 0 bridgehead atoms. The van der Waals surface area contributed by atoms with E-state index in [1.54, 1.807) is 0 Å². The molecule has 1 N–H and O–H groups in total. The number of aliphatic hydroxyl groups is 1. The quantitative estimate of drug-likeness (QED) is 0.880. The van der Waals surface area contributed by atoms with Crippen molar-refractivity contribution in [1.29, 1.82) is 0 Å². The van der Waals surface area contributed by atoms with E-state index in [9.17, 15) is 17.2 Å². The van der Waals surface area contributed by atoms with Crippen LogP contribution in [0.3, 0.4) is 0 Å². The molecule has 2 aromatic carbocycles. The molecule has 0 unspecified atom stereocenters. The molecule has 0 aliphatic carbocycles. The predicted molar refractivity (Wildman–Crippen MR) is 64.2 cm³/mol. The molecule has 0 radical (unpaired) electrons. The minimum absolute atomic E-state index is 0.0377. The van der Waals surface area contributed by atoms with Gasteiger partial charge in [0.1, 0.15) is 16.5 Å². The lowest BCUT2D eigenvalue weighted by atomic mass is 10.2. The molecule has 2 rings (SSSR count). The van der Waals surface area contributed by atoms with E-state index < -0.39 is 33.0 Å². The molecule has 0 heterocycles. The van der Waals surface area contributed by atoms with Crippen molar-refractivity contribution in [3.8, 4) is 0 Å². The van der Waals surface area contributed by atoms with Gasteiger partial charge in [0.25, 0.3) is 0 Å². The van der Waals surface area contributed by atoms with Crippen LogP contribution in [0.2, 0.25) is 0 Å². The zero-order valence-corrected chi connectivity index (χ0v) is 10.5. The third-order valence-corrected chi connectivity index (χ3v) is 4.50. The molecule has 6 heteroatoms. The molecule has 0 spiro atoms. The molecule has 3 nitrogen and oxygen atoms in total. The number of halogens is 2. The molecule has 0 saturated carbocycles. The van der Waals surface area contributed by atoms with E-state index in [2.05, 4.69) is 0 Å². The van der Waals surface area contributed by atoms with Crippen molar-refractivity contribution in [2.45, 2.75) is 16.4 Å². The van der Waals surface area contributed by atoms with Gasteiger partial charge >= 0.3 is 0 Å². The van der Waals surface area contributed by atoms with Crippen molar-refractivity contribution >= 4 is 9.84 Å². The molecule has 100 valence electrons. The third kappa shape index (κ3) is 2.50. The Labute approximate surface area is 109 Å². The van der Waals surface area contributed by atoms with Crippen LogP contribution in [0.1, 0.15) is 5.56 Å². The summed E-state index contributed by atoms with van der Waals surface area (Å²) in [4.78, 5) is -0.808. The molecular formula is C13H10F2O3S. The van der Waals surface area contributed by atoms with E-state index in [0.29, 0.717) is 0 Å². The maximum atomic E-state index is 13.7. The topological polar surface area (TPSA) is 54.4 Å². The highest BCUT2D eigenvalue weighted by atomic mass is 32.2. The monoisotopic (exact) mass is 284 g/mol. The molecule has 0 fully saturated rings. The Kier molecular flexibility index (Phi) is 3.64. The fourth-order valence-electron chi connectivity index (χ4n) is 1.71. The molecule has 2 aromatic rings. The van der Waals surface area contributed by atoms with Crippen LogP contribution in [0, 0.1) is 11.6 Å². The van der Waals surface area contributed by atoms with Gasteiger partial charge in [0.05, 0.1) is 11.5 Å².